The molecule has 2 N–H and O–H groups in total. The van der Waals surface area contributed by atoms with E-state index >= 15 is 0 Å². The Morgan fingerprint density at radius 2 is 1.84 bits per heavy atom. The normalized spacial score (nSPS) is 10.7. The van der Waals surface area contributed by atoms with Crippen LogP contribution in [0.3, 0.4) is 0 Å². The van der Waals surface area contributed by atoms with Gasteiger partial charge in [-0.05, 0) is 30.7 Å². The molecule has 5 nitrogen and oxygen atoms in total. The Balaban J connectivity index is 1.76. The number of amides is 2. The zero-order valence-electron chi connectivity index (χ0n) is 13.6. The zero-order chi connectivity index (χ0) is 18.2. The van der Waals surface area contributed by atoms with Gasteiger partial charge >= 0.3 is 0 Å². The van der Waals surface area contributed by atoms with Crippen LogP contribution in [0.1, 0.15) is 24.0 Å². The molecular weight excluding hydrogens is 361 g/mol. The van der Waals surface area contributed by atoms with Gasteiger partial charge in [-0.1, -0.05) is 53.0 Å². The van der Waals surface area contributed by atoms with E-state index in [-0.39, 0.29) is 24.7 Å². The molecule has 2 aromatic rings. The maximum absolute atomic E-state index is 11.9. The fraction of sp³-hybridized carbons (Fsp3) is 0.167. The van der Waals surface area contributed by atoms with Gasteiger partial charge in [0.15, 0.2) is 0 Å². The molecule has 0 aliphatic carbocycles. The van der Waals surface area contributed by atoms with Crippen LogP contribution in [0.15, 0.2) is 47.6 Å². The Bertz CT molecular complexity index is 807. The zero-order valence-corrected chi connectivity index (χ0v) is 15.1. The fourth-order valence-electron chi connectivity index (χ4n) is 2.02. The van der Waals surface area contributed by atoms with Crippen LogP contribution in [0.2, 0.25) is 10.0 Å². The van der Waals surface area contributed by atoms with Crippen LogP contribution in [0.5, 0.6) is 0 Å². The number of anilines is 1. The van der Waals surface area contributed by atoms with Crippen molar-refractivity contribution in [3.8, 4) is 0 Å². The van der Waals surface area contributed by atoms with E-state index in [9.17, 15) is 9.59 Å². The molecule has 0 saturated carbocycles. The fourth-order valence-corrected chi connectivity index (χ4v) is 2.47. The highest BCUT2D eigenvalue weighted by molar-refractivity contribution is 6.36. The van der Waals surface area contributed by atoms with Crippen LogP contribution >= 0.6 is 23.2 Å². The molecule has 0 bridgehead atoms. The first-order chi connectivity index (χ1) is 11.9. The van der Waals surface area contributed by atoms with Gasteiger partial charge in [-0.25, -0.2) is 5.43 Å². The van der Waals surface area contributed by atoms with Crippen molar-refractivity contribution in [3.63, 3.8) is 0 Å². The minimum Gasteiger partial charge on any atom is -0.325 e. The molecule has 0 radical (unpaired) electrons. The molecule has 0 fully saturated rings. The van der Waals surface area contributed by atoms with Crippen LogP contribution in [0.25, 0.3) is 0 Å². The molecule has 7 heteroatoms. The number of rotatable bonds is 6. The summed E-state index contributed by atoms with van der Waals surface area (Å²) in [6, 6.07) is 12.5. The van der Waals surface area contributed by atoms with Gasteiger partial charge in [-0.15, -0.1) is 0 Å². The van der Waals surface area contributed by atoms with Gasteiger partial charge in [0, 0.05) is 17.9 Å². The molecule has 0 atom stereocenters. The van der Waals surface area contributed by atoms with Crippen molar-refractivity contribution < 1.29 is 9.59 Å². The maximum atomic E-state index is 11.9. The lowest BCUT2D eigenvalue weighted by Crippen LogP contribution is -2.20. The highest BCUT2D eigenvalue weighted by Crippen LogP contribution is 2.25. The number of hydrogen-bond acceptors (Lipinski definition) is 3. The van der Waals surface area contributed by atoms with Gasteiger partial charge in [0.2, 0.25) is 11.8 Å². The molecule has 0 unspecified atom stereocenters. The topological polar surface area (TPSA) is 70.6 Å². The van der Waals surface area contributed by atoms with Gasteiger partial charge in [-0.2, -0.15) is 5.10 Å². The number of nitrogens with zero attached hydrogens (tertiary/aromatic N) is 1. The lowest BCUT2D eigenvalue weighted by molar-refractivity contribution is -0.124. The molecule has 2 rings (SSSR count). The molecule has 130 valence electrons. The van der Waals surface area contributed by atoms with Gasteiger partial charge in [0.25, 0.3) is 0 Å². The number of carbonyl (C=O) groups is 2. The number of hydrazone groups is 1. The second-order valence-corrected chi connectivity index (χ2v) is 6.22. The predicted molar refractivity (Wildman–Crippen MR) is 101 cm³/mol. The second-order valence-electron chi connectivity index (χ2n) is 5.38. The summed E-state index contributed by atoms with van der Waals surface area (Å²) in [5, 5.41) is 7.33. The molecule has 2 amide bonds. The summed E-state index contributed by atoms with van der Waals surface area (Å²) in [7, 11) is 0. The van der Waals surface area contributed by atoms with Crippen molar-refractivity contribution >= 4 is 46.9 Å². The van der Waals surface area contributed by atoms with Crippen molar-refractivity contribution in [2.24, 2.45) is 5.10 Å². The number of carbonyl (C=O) groups excluding carboxylic acids is 2. The van der Waals surface area contributed by atoms with E-state index in [0.29, 0.717) is 15.7 Å². The SMILES string of the molecule is Cc1cccc(/C=N/NC(=O)CCC(=O)Nc2ccc(Cl)cc2Cl)c1. The Labute approximate surface area is 156 Å². The average Bonchev–Trinajstić information content (AvgIpc) is 2.56. The van der Waals surface area contributed by atoms with E-state index in [4.69, 9.17) is 23.2 Å². The number of nitrogens with one attached hydrogen (secondary N) is 2. The molecule has 0 aliphatic heterocycles. The summed E-state index contributed by atoms with van der Waals surface area (Å²) in [6.45, 7) is 1.97. The van der Waals surface area contributed by atoms with E-state index in [1.807, 2.05) is 31.2 Å². The second kappa shape index (κ2) is 9.20. The summed E-state index contributed by atoms with van der Waals surface area (Å²) >= 11 is 11.8. The molecule has 2 aromatic carbocycles. The molecule has 25 heavy (non-hydrogen) atoms. The number of benzene rings is 2. The minimum atomic E-state index is -0.346. The van der Waals surface area contributed by atoms with Crippen LogP contribution in [0.4, 0.5) is 5.69 Å². The summed E-state index contributed by atoms with van der Waals surface area (Å²) in [4.78, 5) is 23.6. The summed E-state index contributed by atoms with van der Waals surface area (Å²) in [5.41, 5.74) is 4.84. The third kappa shape index (κ3) is 6.57. The third-order valence-corrected chi connectivity index (χ3v) is 3.78. The van der Waals surface area contributed by atoms with E-state index in [1.54, 1.807) is 18.3 Å². The molecular formula is C18H17Cl2N3O2. The van der Waals surface area contributed by atoms with E-state index in [2.05, 4.69) is 15.8 Å². The lowest BCUT2D eigenvalue weighted by Gasteiger charge is -2.07. The predicted octanol–water partition coefficient (Wildman–Crippen LogP) is 4.17. The standard InChI is InChI=1S/C18H17Cl2N3O2/c1-12-3-2-4-13(9-12)11-21-23-18(25)8-7-17(24)22-16-6-5-14(19)10-15(16)20/h2-6,9-11H,7-8H2,1H3,(H,22,24)(H,23,25)/b21-11+. The summed E-state index contributed by atoms with van der Waals surface area (Å²) in [6.07, 6.45) is 1.59. The van der Waals surface area contributed by atoms with Crippen molar-refractivity contribution in [3.05, 3.63) is 63.6 Å². The van der Waals surface area contributed by atoms with Crippen LogP contribution in [0, 0.1) is 6.92 Å². The molecule has 0 saturated heterocycles. The smallest absolute Gasteiger partial charge is 0.240 e. The van der Waals surface area contributed by atoms with E-state index in [1.165, 1.54) is 6.07 Å². The first kappa shape index (κ1) is 19.0. The van der Waals surface area contributed by atoms with Gasteiger partial charge in [0.1, 0.15) is 0 Å². The summed E-state index contributed by atoms with van der Waals surface area (Å²) in [5.74, 6) is -0.664. The summed E-state index contributed by atoms with van der Waals surface area (Å²) < 4.78 is 0. The Morgan fingerprint density at radius 1 is 1.08 bits per heavy atom. The van der Waals surface area contributed by atoms with Crippen LogP contribution in [-0.2, 0) is 9.59 Å². The van der Waals surface area contributed by atoms with Crippen molar-refractivity contribution in [2.45, 2.75) is 19.8 Å². The van der Waals surface area contributed by atoms with E-state index in [0.717, 1.165) is 11.1 Å². The number of halogens is 2. The third-order valence-electron chi connectivity index (χ3n) is 3.23. The Morgan fingerprint density at radius 3 is 2.56 bits per heavy atom. The lowest BCUT2D eigenvalue weighted by atomic mass is 10.2. The van der Waals surface area contributed by atoms with Crippen molar-refractivity contribution in [1.82, 2.24) is 5.43 Å². The van der Waals surface area contributed by atoms with Gasteiger partial charge in [0.05, 0.1) is 16.9 Å². The molecule has 0 heterocycles. The Hall–Kier alpha value is -2.37. The first-order valence-corrected chi connectivity index (χ1v) is 8.33. The van der Waals surface area contributed by atoms with Crippen LogP contribution in [-0.4, -0.2) is 18.0 Å². The van der Waals surface area contributed by atoms with Crippen molar-refractivity contribution in [1.29, 1.82) is 0 Å². The first-order valence-electron chi connectivity index (χ1n) is 7.57. The molecule has 0 aliphatic rings. The highest BCUT2D eigenvalue weighted by atomic mass is 35.5. The Kier molecular flexibility index (Phi) is 6.98. The quantitative estimate of drug-likeness (QED) is 0.585. The highest BCUT2D eigenvalue weighted by Gasteiger charge is 2.09. The molecule has 0 spiro atoms. The molecule has 0 aromatic heterocycles. The average molecular weight is 378 g/mol. The van der Waals surface area contributed by atoms with Crippen LogP contribution < -0.4 is 10.7 Å². The monoisotopic (exact) mass is 377 g/mol. The largest absolute Gasteiger partial charge is 0.325 e. The number of hydrogen-bond donors (Lipinski definition) is 2. The maximum Gasteiger partial charge on any atom is 0.240 e. The minimum absolute atomic E-state index is 0.0161. The number of aryl methyl sites for hydroxylation is 1. The van der Waals surface area contributed by atoms with E-state index < -0.39 is 0 Å². The van der Waals surface area contributed by atoms with Gasteiger partial charge in [-0.3, -0.25) is 9.59 Å². The van der Waals surface area contributed by atoms with Gasteiger partial charge < -0.3 is 5.32 Å². The van der Waals surface area contributed by atoms with Crippen molar-refractivity contribution in [2.75, 3.05) is 5.32 Å².